The van der Waals surface area contributed by atoms with Crippen molar-refractivity contribution in [3.05, 3.63) is 0 Å². The molecule has 0 fully saturated rings. The Kier molecular flexibility index (Phi) is 5.97. The summed E-state index contributed by atoms with van der Waals surface area (Å²) in [6, 6.07) is 0.674. The van der Waals surface area contributed by atoms with Crippen LogP contribution in [0, 0.1) is 12.3 Å². The fraction of sp³-hybridized carbons (Fsp3) is 0.800. The van der Waals surface area contributed by atoms with E-state index in [0.717, 1.165) is 13.0 Å². The molecule has 0 spiro atoms. The van der Waals surface area contributed by atoms with Gasteiger partial charge in [0.25, 0.3) is 0 Å². The van der Waals surface area contributed by atoms with Crippen LogP contribution >= 0.6 is 0 Å². The van der Waals surface area contributed by atoms with Crippen LogP contribution in [0.2, 0.25) is 0 Å². The molecule has 0 aromatic heterocycles. The Balaban J connectivity index is 3.47. The molecule has 0 heterocycles. The van der Waals surface area contributed by atoms with Crippen molar-refractivity contribution >= 4 is 0 Å². The third kappa shape index (κ3) is 4.86. The summed E-state index contributed by atoms with van der Waals surface area (Å²) in [6.45, 7) is 5.49. The Morgan fingerprint density at radius 2 is 2.18 bits per heavy atom. The first-order valence-corrected chi connectivity index (χ1v) is 4.36. The smallest absolute Gasteiger partial charge is 0.0214 e. The lowest BCUT2D eigenvalue weighted by Crippen LogP contribution is -2.29. The summed E-state index contributed by atoms with van der Waals surface area (Å²) in [5, 5.41) is 0. The van der Waals surface area contributed by atoms with Crippen molar-refractivity contribution in [1.82, 2.24) is 4.90 Å². The van der Waals surface area contributed by atoms with Gasteiger partial charge in [0.15, 0.2) is 0 Å². The Hall–Kier alpha value is -0.480. The lowest BCUT2D eigenvalue weighted by Gasteiger charge is -2.23. The molecule has 0 bridgehead atoms. The first-order chi connectivity index (χ1) is 5.22. The zero-order chi connectivity index (χ0) is 8.69. The first-order valence-electron chi connectivity index (χ1n) is 4.36. The number of hydrogen-bond acceptors (Lipinski definition) is 1. The van der Waals surface area contributed by atoms with Gasteiger partial charge in [0, 0.05) is 19.0 Å². The molecule has 0 saturated carbocycles. The van der Waals surface area contributed by atoms with Gasteiger partial charge in [0.2, 0.25) is 0 Å². The summed E-state index contributed by atoms with van der Waals surface area (Å²) >= 11 is 0. The molecular formula is C10H19N. The van der Waals surface area contributed by atoms with Gasteiger partial charge in [0.05, 0.1) is 0 Å². The molecule has 1 heteroatoms. The third-order valence-electron chi connectivity index (χ3n) is 2.07. The van der Waals surface area contributed by atoms with E-state index in [1.165, 1.54) is 12.8 Å². The van der Waals surface area contributed by atoms with Crippen molar-refractivity contribution in [2.75, 3.05) is 13.6 Å². The van der Waals surface area contributed by atoms with Gasteiger partial charge in [-0.15, -0.1) is 12.3 Å². The molecular weight excluding hydrogens is 134 g/mol. The van der Waals surface area contributed by atoms with Crippen molar-refractivity contribution in [1.29, 1.82) is 0 Å². The van der Waals surface area contributed by atoms with Crippen LogP contribution in [-0.4, -0.2) is 24.5 Å². The molecule has 0 radical (unpaired) electrons. The number of hydrogen-bond donors (Lipinski definition) is 0. The second-order valence-electron chi connectivity index (χ2n) is 3.07. The first kappa shape index (κ1) is 10.5. The average molecular weight is 153 g/mol. The Morgan fingerprint density at radius 1 is 1.55 bits per heavy atom. The Morgan fingerprint density at radius 3 is 2.64 bits per heavy atom. The van der Waals surface area contributed by atoms with Crippen LogP contribution in [0.4, 0.5) is 0 Å². The number of nitrogens with zero attached hydrogens (tertiary/aromatic N) is 1. The van der Waals surface area contributed by atoms with Gasteiger partial charge in [-0.05, 0) is 20.4 Å². The predicted molar refractivity (Wildman–Crippen MR) is 50.5 cm³/mol. The predicted octanol–water partition coefficient (Wildman–Crippen LogP) is 2.13. The quantitative estimate of drug-likeness (QED) is 0.547. The summed E-state index contributed by atoms with van der Waals surface area (Å²) in [7, 11) is 2.14. The molecule has 0 amide bonds. The average Bonchev–Trinajstić information content (AvgIpc) is 2.00. The van der Waals surface area contributed by atoms with Gasteiger partial charge >= 0.3 is 0 Å². The van der Waals surface area contributed by atoms with E-state index in [1.54, 1.807) is 0 Å². The summed E-state index contributed by atoms with van der Waals surface area (Å²) < 4.78 is 0. The van der Waals surface area contributed by atoms with Gasteiger partial charge < -0.3 is 4.90 Å². The normalized spacial score (nSPS) is 13.0. The van der Waals surface area contributed by atoms with Crippen LogP contribution in [0.15, 0.2) is 0 Å². The highest BCUT2D eigenvalue weighted by Gasteiger charge is 2.05. The highest BCUT2D eigenvalue weighted by molar-refractivity contribution is 4.84. The van der Waals surface area contributed by atoms with E-state index in [1.807, 2.05) is 0 Å². The molecule has 0 aliphatic rings. The van der Waals surface area contributed by atoms with Gasteiger partial charge in [-0.25, -0.2) is 0 Å². The SMILES string of the molecule is C#CCCN(C)C(C)CCC. The van der Waals surface area contributed by atoms with Gasteiger partial charge in [-0.3, -0.25) is 0 Å². The van der Waals surface area contributed by atoms with Crippen molar-refractivity contribution in [3.63, 3.8) is 0 Å². The van der Waals surface area contributed by atoms with Gasteiger partial charge in [-0.2, -0.15) is 0 Å². The topological polar surface area (TPSA) is 3.24 Å². The van der Waals surface area contributed by atoms with E-state index in [-0.39, 0.29) is 0 Å². The highest BCUT2D eigenvalue weighted by Crippen LogP contribution is 2.03. The van der Waals surface area contributed by atoms with E-state index in [2.05, 4.69) is 31.7 Å². The second-order valence-corrected chi connectivity index (χ2v) is 3.07. The number of rotatable bonds is 5. The van der Waals surface area contributed by atoms with Crippen molar-refractivity contribution in [3.8, 4) is 12.3 Å². The zero-order valence-corrected chi connectivity index (χ0v) is 7.93. The van der Waals surface area contributed by atoms with Crippen LogP contribution in [0.5, 0.6) is 0 Å². The summed E-state index contributed by atoms with van der Waals surface area (Å²) in [5.74, 6) is 2.65. The maximum atomic E-state index is 5.17. The maximum Gasteiger partial charge on any atom is 0.0214 e. The van der Waals surface area contributed by atoms with Crippen molar-refractivity contribution < 1.29 is 0 Å². The summed E-state index contributed by atoms with van der Waals surface area (Å²) in [4.78, 5) is 2.32. The van der Waals surface area contributed by atoms with E-state index >= 15 is 0 Å². The minimum absolute atomic E-state index is 0.674. The molecule has 0 rings (SSSR count). The molecule has 64 valence electrons. The Labute approximate surface area is 70.8 Å². The molecule has 0 saturated heterocycles. The summed E-state index contributed by atoms with van der Waals surface area (Å²) in [6.07, 6.45) is 8.56. The van der Waals surface area contributed by atoms with Crippen LogP contribution in [-0.2, 0) is 0 Å². The maximum absolute atomic E-state index is 5.17. The van der Waals surface area contributed by atoms with Crippen LogP contribution in [0.25, 0.3) is 0 Å². The lowest BCUT2D eigenvalue weighted by molar-refractivity contribution is 0.250. The third-order valence-corrected chi connectivity index (χ3v) is 2.07. The van der Waals surface area contributed by atoms with Crippen LogP contribution in [0.3, 0.4) is 0 Å². The minimum atomic E-state index is 0.674. The molecule has 11 heavy (non-hydrogen) atoms. The monoisotopic (exact) mass is 153 g/mol. The molecule has 0 aliphatic carbocycles. The fourth-order valence-corrected chi connectivity index (χ4v) is 1.10. The largest absolute Gasteiger partial charge is 0.303 e. The van der Waals surface area contributed by atoms with Gasteiger partial charge in [-0.1, -0.05) is 13.3 Å². The Bertz CT molecular complexity index is 123. The molecule has 0 aromatic carbocycles. The van der Waals surface area contributed by atoms with E-state index in [4.69, 9.17) is 6.42 Å². The van der Waals surface area contributed by atoms with Crippen molar-refractivity contribution in [2.45, 2.75) is 39.2 Å². The summed E-state index contributed by atoms with van der Waals surface area (Å²) in [5.41, 5.74) is 0. The van der Waals surface area contributed by atoms with Crippen LogP contribution < -0.4 is 0 Å². The molecule has 1 nitrogen and oxygen atoms in total. The van der Waals surface area contributed by atoms with Gasteiger partial charge in [0.1, 0.15) is 0 Å². The van der Waals surface area contributed by atoms with Crippen molar-refractivity contribution in [2.24, 2.45) is 0 Å². The fourth-order valence-electron chi connectivity index (χ4n) is 1.10. The lowest BCUT2D eigenvalue weighted by atomic mass is 10.2. The van der Waals surface area contributed by atoms with Crippen LogP contribution in [0.1, 0.15) is 33.1 Å². The van der Waals surface area contributed by atoms with E-state index in [9.17, 15) is 0 Å². The molecule has 1 atom stereocenters. The molecule has 0 aliphatic heterocycles. The van der Waals surface area contributed by atoms with E-state index in [0.29, 0.717) is 6.04 Å². The standard InChI is InChI=1S/C10H19N/c1-5-7-9-11(4)10(3)8-6-2/h1,10H,6-9H2,2-4H3. The molecule has 0 aromatic rings. The highest BCUT2D eigenvalue weighted by atomic mass is 15.1. The zero-order valence-electron chi connectivity index (χ0n) is 7.93. The minimum Gasteiger partial charge on any atom is -0.303 e. The number of terminal acetylenes is 1. The van der Waals surface area contributed by atoms with E-state index < -0.39 is 0 Å². The second kappa shape index (κ2) is 6.24. The molecule has 0 N–H and O–H groups in total. The molecule has 1 unspecified atom stereocenters.